The van der Waals surface area contributed by atoms with E-state index in [9.17, 15) is 4.39 Å². The van der Waals surface area contributed by atoms with Crippen molar-refractivity contribution in [2.45, 2.75) is 52.0 Å². The Labute approximate surface area is 143 Å². The van der Waals surface area contributed by atoms with Crippen LogP contribution < -0.4 is 0 Å². The van der Waals surface area contributed by atoms with Crippen LogP contribution in [0.25, 0.3) is 10.4 Å². The standard InChI is InChI=1S/C20H26FNS/c1-3-11-22(12-4-2)15-7-8-16-18(14-15)17(9-10-19(16)21)20-6-5-13-23-20/h5-6,9-10,13,15H,3-4,7-8,11-12,14H2,1-2H3/t15-/m0/s1. The maximum Gasteiger partial charge on any atom is 0.126 e. The smallest absolute Gasteiger partial charge is 0.126 e. The minimum Gasteiger partial charge on any atom is -0.300 e. The molecule has 2 aromatic rings. The molecule has 1 nitrogen and oxygen atoms in total. The van der Waals surface area contributed by atoms with Gasteiger partial charge in [-0.2, -0.15) is 0 Å². The summed E-state index contributed by atoms with van der Waals surface area (Å²) in [4.78, 5) is 3.88. The quantitative estimate of drug-likeness (QED) is 0.672. The van der Waals surface area contributed by atoms with Crippen LogP contribution >= 0.6 is 11.3 Å². The first kappa shape index (κ1) is 16.7. The maximum absolute atomic E-state index is 14.3. The number of benzene rings is 1. The van der Waals surface area contributed by atoms with Crippen molar-refractivity contribution in [3.05, 3.63) is 46.6 Å². The number of hydrogen-bond donors (Lipinski definition) is 0. The average molecular weight is 332 g/mol. The van der Waals surface area contributed by atoms with Gasteiger partial charge in [0.25, 0.3) is 0 Å². The van der Waals surface area contributed by atoms with Crippen molar-refractivity contribution in [3.8, 4) is 10.4 Å². The van der Waals surface area contributed by atoms with E-state index in [2.05, 4.69) is 36.3 Å². The summed E-state index contributed by atoms with van der Waals surface area (Å²) in [6.45, 7) is 6.79. The lowest BCUT2D eigenvalue weighted by Gasteiger charge is -2.36. The molecule has 3 rings (SSSR count). The van der Waals surface area contributed by atoms with Crippen LogP contribution in [0.3, 0.4) is 0 Å². The van der Waals surface area contributed by atoms with Gasteiger partial charge in [-0.1, -0.05) is 26.0 Å². The molecule has 1 aromatic carbocycles. The molecule has 0 saturated carbocycles. The minimum absolute atomic E-state index is 0.0173. The molecule has 124 valence electrons. The summed E-state index contributed by atoms with van der Waals surface area (Å²) < 4.78 is 14.3. The van der Waals surface area contributed by atoms with Gasteiger partial charge in [0, 0.05) is 10.9 Å². The van der Waals surface area contributed by atoms with Crippen molar-refractivity contribution < 1.29 is 4.39 Å². The Bertz CT molecular complexity index is 629. The van der Waals surface area contributed by atoms with Crippen molar-refractivity contribution in [3.63, 3.8) is 0 Å². The number of halogens is 1. The lowest BCUT2D eigenvalue weighted by molar-refractivity contribution is 0.179. The second-order valence-corrected chi connectivity index (χ2v) is 7.41. The van der Waals surface area contributed by atoms with Gasteiger partial charge in [-0.3, -0.25) is 0 Å². The number of fused-ring (bicyclic) bond motifs is 1. The first-order valence-corrected chi connectivity index (χ1v) is 9.70. The molecule has 0 fully saturated rings. The largest absolute Gasteiger partial charge is 0.300 e. The van der Waals surface area contributed by atoms with Crippen LogP contribution in [0.2, 0.25) is 0 Å². The third-order valence-corrected chi connectivity index (χ3v) is 5.77. The van der Waals surface area contributed by atoms with Crippen molar-refractivity contribution in [1.82, 2.24) is 4.90 Å². The molecule has 0 radical (unpaired) electrons. The lowest BCUT2D eigenvalue weighted by Crippen LogP contribution is -2.40. The van der Waals surface area contributed by atoms with Crippen molar-refractivity contribution in [2.75, 3.05) is 13.1 Å². The van der Waals surface area contributed by atoms with Gasteiger partial charge in [0.15, 0.2) is 0 Å². The average Bonchev–Trinajstić information content (AvgIpc) is 3.09. The predicted molar refractivity (Wildman–Crippen MR) is 97.7 cm³/mol. The normalized spacial score (nSPS) is 17.5. The third kappa shape index (κ3) is 3.51. The molecular formula is C20H26FNS. The molecule has 1 heterocycles. The molecule has 0 saturated heterocycles. The second-order valence-electron chi connectivity index (χ2n) is 6.46. The Morgan fingerprint density at radius 1 is 1.13 bits per heavy atom. The van der Waals surface area contributed by atoms with E-state index < -0.39 is 0 Å². The fourth-order valence-electron chi connectivity index (χ4n) is 3.84. The van der Waals surface area contributed by atoms with E-state index in [-0.39, 0.29) is 5.82 Å². The second kappa shape index (κ2) is 7.59. The van der Waals surface area contributed by atoms with Gasteiger partial charge >= 0.3 is 0 Å². The maximum atomic E-state index is 14.3. The summed E-state index contributed by atoms with van der Waals surface area (Å²) >= 11 is 1.75. The molecule has 1 atom stereocenters. The number of nitrogens with zero attached hydrogens (tertiary/aromatic N) is 1. The minimum atomic E-state index is -0.0173. The van der Waals surface area contributed by atoms with Crippen LogP contribution in [-0.2, 0) is 12.8 Å². The van der Waals surface area contributed by atoms with E-state index in [0.717, 1.165) is 37.9 Å². The van der Waals surface area contributed by atoms with Crippen LogP contribution in [0.4, 0.5) is 4.39 Å². The number of thiophene rings is 1. The molecule has 23 heavy (non-hydrogen) atoms. The highest BCUT2D eigenvalue weighted by molar-refractivity contribution is 7.13. The van der Waals surface area contributed by atoms with E-state index in [1.807, 2.05) is 6.07 Å². The highest BCUT2D eigenvalue weighted by Gasteiger charge is 2.27. The zero-order chi connectivity index (χ0) is 16.2. The molecule has 0 amide bonds. The van der Waals surface area contributed by atoms with Crippen LogP contribution in [0.15, 0.2) is 29.6 Å². The molecule has 0 aliphatic heterocycles. The predicted octanol–water partition coefficient (Wildman–Crippen LogP) is 5.53. The van der Waals surface area contributed by atoms with Gasteiger partial charge in [-0.15, -0.1) is 11.3 Å². The lowest BCUT2D eigenvalue weighted by atomic mass is 9.83. The number of rotatable bonds is 6. The van der Waals surface area contributed by atoms with Crippen molar-refractivity contribution >= 4 is 11.3 Å². The molecule has 3 heteroatoms. The van der Waals surface area contributed by atoms with Gasteiger partial charge in [0.05, 0.1) is 0 Å². The fraction of sp³-hybridized carbons (Fsp3) is 0.500. The third-order valence-electron chi connectivity index (χ3n) is 4.87. The highest BCUT2D eigenvalue weighted by Crippen LogP contribution is 2.36. The monoisotopic (exact) mass is 331 g/mol. The Hall–Kier alpha value is -1.19. The van der Waals surface area contributed by atoms with Crippen LogP contribution in [0, 0.1) is 5.82 Å². The van der Waals surface area contributed by atoms with Gasteiger partial charge in [-0.25, -0.2) is 4.39 Å². The highest BCUT2D eigenvalue weighted by atomic mass is 32.1. The molecule has 1 aromatic heterocycles. The molecule has 0 bridgehead atoms. The van der Waals surface area contributed by atoms with Crippen molar-refractivity contribution in [1.29, 1.82) is 0 Å². The van der Waals surface area contributed by atoms with Gasteiger partial charge in [0.1, 0.15) is 5.82 Å². The van der Waals surface area contributed by atoms with Crippen LogP contribution in [0.1, 0.15) is 44.2 Å². The van der Waals surface area contributed by atoms with Gasteiger partial charge < -0.3 is 4.90 Å². The summed E-state index contributed by atoms with van der Waals surface area (Å²) in [5, 5.41) is 2.10. The fourth-order valence-corrected chi connectivity index (χ4v) is 4.62. The molecule has 0 unspecified atom stereocenters. The molecule has 0 N–H and O–H groups in total. The van der Waals surface area contributed by atoms with E-state index in [1.165, 1.54) is 28.8 Å². The first-order chi connectivity index (χ1) is 11.2. The van der Waals surface area contributed by atoms with E-state index in [1.54, 1.807) is 17.4 Å². The molecule has 1 aliphatic carbocycles. The van der Waals surface area contributed by atoms with E-state index >= 15 is 0 Å². The molecule has 0 spiro atoms. The Balaban J connectivity index is 1.93. The Morgan fingerprint density at radius 2 is 1.91 bits per heavy atom. The van der Waals surface area contributed by atoms with Gasteiger partial charge in [-0.05, 0) is 79.4 Å². The SMILES string of the molecule is CCCN(CCC)[C@H]1CCc2c(F)ccc(-c3cccs3)c2C1. The summed E-state index contributed by atoms with van der Waals surface area (Å²) in [6.07, 6.45) is 5.31. The first-order valence-electron chi connectivity index (χ1n) is 8.82. The number of hydrogen-bond acceptors (Lipinski definition) is 2. The van der Waals surface area contributed by atoms with E-state index in [4.69, 9.17) is 0 Å². The Morgan fingerprint density at radius 3 is 2.57 bits per heavy atom. The molecule has 1 aliphatic rings. The van der Waals surface area contributed by atoms with Crippen LogP contribution in [0.5, 0.6) is 0 Å². The summed E-state index contributed by atoms with van der Waals surface area (Å²) in [7, 11) is 0. The van der Waals surface area contributed by atoms with Crippen LogP contribution in [-0.4, -0.2) is 24.0 Å². The zero-order valence-corrected chi connectivity index (χ0v) is 15.0. The van der Waals surface area contributed by atoms with Gasteiger partial charge in [0.2, 0.25) is 0 Å². The summed E-state index contributed by atoms with van der Waals surface area (Å²) in [6, 6.07) is 8.42. The van der Waals surface area contributed by atoms with E-state index in [0.29, 0.717) is 6.04 Å². The zero-order valence-electron chi connectivity index (χ0n) is 14.1. The van der Waals surface area contributed by atoms with Crippen molar-refractivity contribution in [2.24, 2.45) is 0 Å². The topological polar surface area (TPSA) is 3.24 Å². The Kier molecular flexibility index (Phi) is 5.50. The molecular weight excluding hydrogens is 305 g/mol. The summed E-state index contributed by atoms with van der Waals surface area (Å²) in [5.74, 6) is -0.0173. The summed E-state index contributed by atoms with van der Waals surface area (Å²) in [5.41, 5.74) is 3.45.